The van der Waals surface area contributed by atoms with Gasteiger partial charge in [-0.15, -0.1) is 11.3 Å². The van der Waals surface area contributed by atoms with Crippen LogP contribution in [0.5, 0.6) is 0 Å². The summed E-state index contributed by atoms with van der Waals surface area (Å²) in [5.41, 5.74) is 0. The predicted molar refractivity (Wildman–Crippen MR) is 79.6 cm³/mol. The van der Waals surface area contributed by atoms with Crippen molar-refractivity contribution in [2.45, 2.75) is 49.3 Å². The van der Waals surface area contributed by atoms with E-state index in [9.17, 15) is 4.21 Å². The molecule has 1 aromatic heterocycles. The van der Waals surface area contributed by atoms with Gasteiger partial charge < -0.3 is 5.32 Å². The fraction of sp³-hybridized carbons (Fsp3) is 0.714. The molecule has 1 aliphatic carbocycles. The van der Waals surface area contributed by atoms with E-state index >= 15 is 0 Å². The van der Waals surface area contributed by atoms with Crippen LogP contribution in [0.2, 0.25) is 0 Å². The molecule has 0 aromatic carbocycles. The molecule has 2 unspecified atom stereocenters. The first-order chi connectivity index (χ1) is 8.81. The fourth-order valence-electron chi connectivity index (χ4n) is 2.80. The number of rotatable bonds is 6. The van der Waals surface area contributed by atoms with Crippen LogP contribution in [-0.4, -0.2) is 22.5 Å². The highest BCUT2D eigenvalue weighted by Gasteiger charge is 2.25. The largest absolute Gasteiger partial charge is 0.313 e. The third-order valence-corrected chi connectivity index (χ3v) is 6.49. The summed E-state index contributed by atoms with van der Waals surface area (Å²) in [6, 6.07) is 4.41. The maximum Gasteiger partial charge on any atom is 0.0911 e. The van der Waals surface area contributed by atoms with Crippen LogP contribution in [0.15, 0.2) is 21.7 Å². The SMILES string of the molecule is CCNC(CS(=O)c1cccs1)C1CCCCC1. The molecule has 4 heteroatoms. The van der Waals surface area contributed by atoms with Gasteiger partial charge in [-0.1, -0.05) is 32.3 Å². The highest BCUT2D eigenvalue weighted by atomic mass is 32.2. The summed E-state index contributed by atoms with van der Waals surface area (Å²) in [5, 5.41) is 5.57. The molecule has 0 radical (unpaired) electrons. The van der Waals surface area contributed by atoms with Gasteiger partial charge in [-0.3, -0.25) is 4.21 Å². The Hall–Kier alpha value is -0.190. The predicted octanol–water partition coefficient (Wildman–Crippen LogP) is 3.41. The van der Waals surface area contributed by atoms with Crippen LogP contribution < -0.4 is 5.32 Å². The summed E-state index contributed by atoms with van der Waals surface area (Å²) >= 11 is 1.61. The van der Waals surface area contributed by atoms with Gasteiger partial charge in [0.15, 0.2) is 0 Å². The molecule has 1 N–H and O–H groups in total. The van der Waals surface area contributed by atoms with Crippen molar-refractivity contribution in [3.05, 3.63) is 17.5 Å². The van der Waals surface area contributed by atoms with Gasteiger partial charge in [-0.2, -0.15) is 0 Å². The zero-order valence-electron chi connectivity index (χ0n) is 11.1. The Labute approximate surface area is 117 Å². The minimum Gasteiger partial charge on any atom is -0.313 e. The van der Waals surface area contributed by atoms with Crippen LogP contribution >= 0.6 is 11.3 Å². The molecule has 0 bridgehead atoms. The fourth-order valence-corrected chi connectivity index (χ4v) is 5.16. The van der Waals surface area contributed by atoms with Gasteiger partial charge in [0, 0.05) is 11.8 Å². The molecule has 2 nitrogen and oxygen atoms in total. The van der Waals surface area contributed by atoms with E-state index in [-0.39, 0.29) is 0 Å². The minimum atomic E-state index is -0.830. The molecule has 2 atom stereocenters. The monoisotopic (exact) mass is 285 g/mol. The second-order valence-electron chi connectivity index (χ2n) is 5.01. The van der Waals surface area contributed by atoms with E-state index in [1.807, 2.05) is 17.5 Å². The van der Waals surface area contributed by atoms with Gasteiger partial charge in [0.2, 0.25) is 0 Å². The average molecular weight is 285 g/mol. The number of hydrogen-bond acceptors (Lipinski definition) is 3. The molecule has 1 aromatic rings. The van der Waals surface area contributed by atoms with Crippen LogP contribution in [0.3, 0.4) is 0 Å². The summed E-state index contributed by atoms with van der Waals surface area (Å²) < 4.78 is 13.3. The third-order valence-electron chi connectivity index (χ3n) is 3.74. The zero-order valence-corrected chi connectivity index (χ0v) is 12.7. The molecule has 0 aliphatic heterocycles. The second kappa shape index (κ2) is 7.41. The van der Waals surface area contributed by atoms with Gasteiger partial charge in [0.25, 0.3) is 0 Å². The van der Waals surface area contributed by atoms with Gasteiger partial charge in [0.05, 0.1) is 15.0 Å². The normalized spacial score (nSPS) is 20.7. The van der Waals surface area contributed by atoms with E-state index in [0.29, 0.717) is 6.04 Å². The van der Waals surface area contributed by atoms with E-state index < -0.39 is 10.8 Å². The Kier molecular flexibility index (Phi) is 5.86. The number of hydrogen-bond donors (Lipinski definition) is 1. The topological polar surface area (TPSA) is 29.1 Å². The quantitative estimate of drug-likeness (QED) is 0.868. The van der Waals surface area contributed by atoms with Crippen molar-refractivity contribution in [2.75, 3.05) is 12.3 Å². The molecule has 0 saturated heterocycles. The zero-order chi connectivity index (χ0) is 12.8. The first kappa shape index (κ1) is 14.2. The van der Waals surface area contributed by atoms with E-state index in [2.05, 4.69) is 12.2 Å². The molecule has 2 rings (SSSR count). The molecule has 1 saturated carbocycles. The van der Waals surface area contributed by atoms with Gasteiger partial charge in [-0.05, 0) is 36.8 Å². The van der Waals surface area contributed by atoms with E-state index in [1.165, 1.54) is 32.1 Å². The molecular formula is C14H23NOS2. The third kappa shape index (κ3) is 3.90. The lowest BCUT2D eigenvalue weighted by Gasteiger charge is -2.30. The minimum absolute atomic E-state index is 0.429. The number of thiophene rings is 1. The molecule has 0 spiro atoms. The van der Waals surface area contributed by atoms with Crippen molar-refractivity contribution in [1.82, 2.24) is 5.32 Å². The van der Waals surface area contributed by atoms with Crippen molar-refractivity contribution in [1.29, 1.82) is 0 Å². The Balaban J connectivity index is 1.94. The number of nitrogens with one attached hydrogen (secondary N) is 1. The van der Waals surface area contributed by atoms with Crippen LogP contribution in [-0.2, 0) is 10.8 Å². The second-order valence-corrected chi connectivity index (χ2v) is 7.68. The first-order valence-electron chi connectivity index (χ1n) is 6.96. The lowest BCUT2D eigenvalue weighted by Crippen LogP contribution is -2.41. The van der Waals surface area contributed by atoms with Gasteiger partial charge in [-0.25, -0.2) is 0 Å². The standard InChI is InChI=1S/C14H23NOS2/c1-2-15-13(12-7-4-3-5-8-12)11-18(16)14-9-6-10-17-14/h6,9-10,12-13,15H,2-5,7-8,11H2,1H3. The molecule has 1 heterocycles. The molecule has 18 heavy (non-hydrogen) atoms. The maximum absolute atomic E-state index is 12.3. The van der Waals surface area contributed by atoms with Crippen LogP contribution in [0, 0.1) is 5.92 Å². The molecule has 1 fully saturated rings. The molecule has 0 amide bonds. The Morgan fingerprint density at radius 3 is 2.83 bits per heavy atom. The molecule has 1 aliphatic rings. The summed E-state index contributed by atoms with van der Waals surface area (Å²) in [4.78, 5) is 0. The van der Waals surface area contributed by atoms with Crippen molar-refractivity contribution in [3.63, 3.8) is 0 Å². The first-order valence-corrected chi connectivity index (χ1v) is 9.16. The highest BCUT2D eigenvalue weighted by Crippen LogP contribution is 2.28. The van der Waals surface area contributed by atoms with Crippen molar-refractivity contribution in [2.24, 2.45) is 5.92 Å². The maximum atomic E-state index is 12.3. The Morgan fingerprint density at radius 2 is 2.22 bits per heavy atom. The lowest BCUT2D eigenvalue weighted by atomic mass is 9.84. The highest BCUT2D eigenvalue weighted by molar-refractivity contribution is 7.87. The van der Waals surface area contributed by atoms with E-state index in [4.69, 9.17) is 0 Å². The van der Waals surface area contributed by atoms with Gasteiger partial charge >= 0.3 is 0 Å². The van der Waals surface area contributed by atoms with Crippen LogP contribution in [0.1, 0.15) is 39.0 Å². The van der Waals surface area contributed by atoms with E-state index in [1.54, 1.807) is 11.3 Å². The van der Waals surface area contributed by atoms with Crippen LogP contribution in [0.4, 0.5) is 0 Å². The van der Waals surface area contributed by atoms with Crippen molar-refractivity contribution >= 4 is 22.1 Å². The van der Waals surface area contributed by atoms with E-state index in [0.717, 1.165) is 22.4 Å². The molecule has 102 valence electrons. The lowest BCUT2D eigenvalue weighted by molar-refractivity contribution is 0.287. The van der Waals surface area contributed by atoms with Crippen LogP contribution in [0.25, 0.3) is 0 Å². The summed E-state index contributed by atoms with van der Waals surface area (Å²) in [6.07, 6.45) is 6.68. The Bertz CT molecular complexity index is 358. The summed E-state index contributed by atoms with van der Waals surface area (Å²) in [7, 11) is -0.830. The van der Waals surface area contributed by atoms with Crippen molar-refractivity contribution < 1.29 is 4.21 Å². The smallest absolute Gasteiger partial charge is 0.0911 e. The van der Waals surface area contributed by atoms with Crippen molar-refractivity contribution in [3.8, 4) is 0 Å². The summed E-state index contributed by atoms with van der Waals surface area (Å²) in [6.45, 7) is 3.12. The Morgan fingerprint density at radius 1 is 1.44 bits per heavy atom. The van der Waals surface area contributed by atoms with Gasteiger partial charge in [0.1, 0.15) is 0 Å². The average Bonchev–Trinajstić information content (AvgIpc) is 2.93. The molecular weight excluding hydrogens is 262 g/mol. The summed E-state index contributed by atoms with van der Waals surface area (Å²) in [5.74, 6) is 1.50.